The van der Waals surface area contributed by atoms with Crippen LogP contribution in [0.1, 0.15) is 12.8 Å². The van der Waals surface area contributed by atoms with Crippen molar-refractivity contribution in [1.29, 1.82) is 0 Å². The molecule has 1 saturated heterocycles. The quantitative estimate of drug-likeness (QED) is 0.895. The number of halogens is 2. The third-order valence-electron chi connectivity index (χ3n) is 3.22. The SMILES string of the molecule is O=C(CN1CCC[C@H]1C(=O)O)Nc1cccc(Cl)c1Cl. The molecule has 0 aromatic heterocycles. The molecule has 1 fully saturated rings. The second-order valence-electron chi connectivity index (χ2n) is 4.62. The van der Waals surface area contributed by atoms with Crippen LogP contribution in [0.4, 0.5) is 5.69 Å². The molecule has 0 bridgehead atoms. The smallest absolute Gasteiger partial charge is 0.320 e. The fourth-order valence-corrected chi connectivity index (χ4v) is 2.62. The Morgan fingerprint density at radius 2 is 2.15 bits per heavy atom. The van der Waals surface area contributed by atoms with Crippen molar-refractivity contribution in [2.45, 2.75) is 18.9 Å². The standard InChI is InChI=1S/C13H14Cl2N2O3/c14-8-3-1-4-9(12(8)15)16-11(18)7-17-6-2-5-10(17)13(19)20/h1,3-4,10H,2,5-7H2,(H,16,18)(H,19,20)/t10-/m0/s1. The zero-order valence-corrected chi connectivity index (χ0v) is 12.1. The predicted molar refractivity (Wildman–Crippen MR) is 77.3 cm³/mol. The Morgan fingerprint density at radius 1 is 1.40 bits per heavy atom. The van der Waals surface area contributed by atoms with Crippen LogP contribution in [0.5, 0.6) is 0 Å². The van der Waals surface area contributed by atoms with Crippen molar-refractivity contribution >= 4 is 40.8 Å². The lowest BCUT2D eigenvalue weighted by atomic mass is 10.2. The van der Waals surface area contributed by atoms with Gasteiger partial charge in [-0.1, -0.05) is 29.3 Å². The maximum Gasteiger partial charge on any atom is 0.320 e. The molecule has 2 rings (SSSR count). The van der Waals surface area contributed by atoms with Crippen LogP contribution in [0.25, 0.3) is 0 Å². The third kappa shape index (κ3) is 3.42. The second-order valence-corrected chi connectivity index (χ2v) is 5.40. The molecule has 0 spiro atoms. The topological polar surface area (TPSA) is 69.6 Å². The number of benzene rings is 1. The number of carboxylic acid groups (broad SMARTS) is 1. The minimum atomic E-state index is -0.893. The molecule has 1 aliphatic heterocycles. The maximum absolute atomic E-state index is 12.0. The van der Waals surface area contributed by atoms with Gasteiger partial charge in [-0.2, -0.15) is 0 Å². The van der Waals surface area contributed by atoms with Crippen molar-refractivity contribution in [3.63, 3.8) is 0 Å². The van der Waals surface area contributed by atoms with Gasteiger partial charge in [0.05, 0.1) is 22.3 Å². The van der Waals surface area contributed by atoms with Crippen LogP contribution in [0.2, 0.25) is 10.0 Å². The van der Waals surface area contributed by atoms with Gasteiger partial charge in [-0.25, -0.2) is 0 Å². The second kappa shape index (κ2) is 6.43. The normalized spacial score (nSPS) is 19.0. The summed E-state index contributed by atoms with van der Waals surface area (Å²) in [4.78, 5) is 24.6. The van der Waals surface area contributed by atoms with E-state index >= 15 is 0 Å². The van der Waals surface area contributed by atoms with Crippen molar-refractivity contribution in [3.8, 4) is 0 Å². The van der Waals surface area contributed by atoms with Crippen LogP contribution in [-0.2, 0) is 9.59 Å². The molecule has 1 amide bonds. The van der Waals surface area contributed by atoms with E-state index in [-0.39, 0.29) is 17.5 Å². The Morgan fingerprint density at radius 3 is 2.85 bits per heavy atom. The number of carbonyl (C=O) groups is 2. The van der Waals surface area contributed by atoms with Gasteiger partial charge in [0.25, 0.3) is 0 Å². The van der Waals surface area contributed by atoms with Gasteiger partial charge >= 0.3 is 5.97 Å². The van der Waals surface area contributed by atoms with E-state index < -0.39 is 12.0 Å². The molecule has 0 aliphatic carbocycles. The van der Waals surface area contributed by atoms with Crippen LogP contribution in [0, 0.1) is 0 Å². The maximum atomic E-state index is 12.0. The summed E-state index contributed by atoms with van der Waals surface area (Å²) in [6, 6.07) is 4.36. The summed E-state index contributed by atoms with van der Waals surface area (Å²) < 4.78 is 0. The fourth-order valence-electron chi connectivity index (χ4n) is 2.27. The lowest BCUT2D eigenvalue weighted by molar-refractivity contribution is -0.142. The highest BCUT2D eigenvalue weighted by Gasteiger charge is 2.31. The van der Waals surface area contributed by atoms with Gasteiger partial charge in [-0.15, -0.1) is 0 Å². The number of hydrogen-bond acceptors (Lipinski definition) is 3. The summed E-state index contributed by atoms with van der Waals surface area (Å²) in [5.41, 5.74) is 0.426. The van der Waals surface area contributed by atoms with Gasteiger partial charge in [0.15, 0.2) is 0 Å². The minimum Gasteiger partial charge on any atom is -0.480 e. The molecule has 0 radical (unpaired) electrons. The molecule has 1 atom stereocenters. The molecule has 1 aromatic carbocycles. The largest absolute Gasteiger partial charge is 0.480 e. The van der Waals surface area contributed by atoms with Crippen molar-refractivity contribution in [2.75, 3.05) is 18.4 Å². The summed E-state index contributed by atoms with van der Waals surface area (Å²) in [6.45, 7) is 0.632. The average molecular weight is 317 g/mol. The highest BCUT2D eigenvalue weighted by atomic mass is 35.5. The summed E-state index contributed by atoms with van der Waals surface area (Å²) in [6.07, 6.45) is 1.35. The van der Waals surface area contributed by atoms with E-state index in [0.717, 1.165) is 6.42 Å². The Hall–Kier alpha value is -1.30. The Labute approximate surface area is 126 Å². The monoisotopic (exact) mass is 316 g/mol. The van der Waals surface area contributed by atoms with Crippen molar-refractivity contribution in [1.82, 2.24) is 4.90 Å². The van der Waals surface area contributed by atoms with E-state index in [1.54, 1.807) is 23.1 Å². The predicted octanol–water partition coefficient (Wildman–Crippen LogP) is 2.48. The first-order chi connectivity index (χ1) is 9.49. The van der Waals surface area contributed by atoms with Crippen LogP contribution >= 0.6 is 23.2 Å². The van der Waals surface area contributed by atoms with E-state index in [4.69, 9.17) is 28.3 Å². The van der Waals surface area contributed by atoms with Crippen molar-refractivity contribution < 1.29 is 14.7 Å². The highest BCUT2D eigenvalue weighted by molar-refractivity contribution is 6.43. The number of anilines is 1. The van der Waals surface area contributed by atoms with Crippen molar-refractivity contribution in [2.24, 2.45) is 0 Å². The molecule has 5 nitrogen and oxygen atoms in total. The number of carboxylic acids is 1. The van der Waals surface area contributed by atoms with Gasteiger partial charge in [0, 0.05) is 0 Å². The van der Waals surface area contributed by atoms with Gasteiger partial charge in [-0.3, -0.25) is 14.5 Å². The number of likely N-dealkylation sites (tertiary alicyclic amines) is 1. The molecule has 1 heterocycles. The number of nitrogens with one attached hydrogen (secondary N) is 1. The van der Waals surface area contributed by atoms with Crippen molar-refractivity contribution in [3.05, 3.63) is 28.2 Å². The van der Waals surface area contributed by atoms with E-state index in [9.17, 15) is 9.59 Å². The van der Waals surface area contributed by atoms with E-state index in [1.165, 1.54) is 0 Å². The lowest BCUT2D eigenvalue weighted by Crippen LogP contribution is -2.40. The minimum absolute atomic E-state index is 0.0276. The molecular weight excluding hydrogens is 303 g/mol. The summed E-state index contributed by atoms with van der Waals surface area (Å²) >= 11 is 11.8. The Kier molecular flexibility index (Phi) is 4.86. The molecule has 20 heavy (non-hydrogen) atoms. The highest BCUT2D eigenvalue weighted by Crippen LogP contribution is 2.29. The molecular formula is C13H14Cl2N2O3. The summed E-state index contributed by atoms with van der Waals surface area (Å²) in [5, 5.41) is 12.3. The molecule has 1 aromatic rings. The molecule has 1 aliphatic rings. The number of carbonyl (C=O) groups excluding carboxylic acids is 1. The van der Waals surface area contributed by atoms with Crippen LogP contribution in [0.3, 0.4) is 0 Å². The first kappa shape index (κ1) is 15.1. The zero-order chi connectivity index (χ0) is 14.7. The van der Waals surface area contributed by atoms with E-state index in [1.807, 2.05) is 0 Å². The van der Waals surface area contributed by atoms with E-state index in [2.05, 4.69) is 5.32 Å². The molecule has 2 N–H and O–H groups in total. The third-order valence-corrected chi connectivity index (χ3v) is 4.04. The summed E-state index contributed by atoms with van der Waals surface area (Å²) in [7, 11) is 0. The first-order valence-corrected chi connectivity index (χ1v) is 6.95. The number of amides is 1. The zero-order valence-electron chi connectivity index (χ0n) is 10.6. The number of aliphatic carboxylic acids is 1. The molecule has 0 unspecified atom stereocenters. The van der Waals surface area contributed by atoms with Gasteiger partial charge < -0.3 is 10.4 Å². The molecule has 108 valence electrons. The van der Waals surface area contributed by atoms with Gasteiger partial charge in [0.1, 0.15) is 6.04 Å². The fraction of sp³-hybridized carbons (Fsp3) is 0.385. The summed E-state index contributed by atoms with van der Waals surface area (Å²) in [5.74, 6) is -1.20. The average Bonchev–Trinajstić information content (AvgIpc) is 2.83. The number of nitrogens with zero attached hydrogens (tertiary/aromatic N) is 1. The van der Waals surface area contributed by atoms with E-state index in [0.29, 0.717) is 23.7 Å². The molecule has 0 saturated carbocycles. The number of hydrogen-bond donors (Lipinski definition) is 2. The van der Waals surface area contributed by atoms with Crippen LogP contribution in [0.15, 0.2) is 18.2 Å². The lowest BCUT2D eigenvalue weighted by Gasteiger charge is -2.20. The Bertz CT molecular complexity index is 536. The van der Waals surface area contributed by atoms with Gasteiger partial charge in [-0.05, 0) is 31.5 Å². The van der Waals surface area contributed by atoms with Crippen LogP contribution < -0.4 is 5.32 Å². The Balaban J connectivity index is 1.99. The van der Waals surface area contributed by atoms with Gasteiger partial charge in [0.2, 0.25) is 5.91 Å². The van der Waals surface area contributed by atoms with Crippen LogP contribution in [-0.4, -0.2) is 41.0 Å². The molecule has 7 heteroatoms. The first-order valence-electron chi connectivity index (χ1n) is 6.19. The number of rotatable bonds is 4.